The van der Waals surface area contributed by atoms with E-state index in [1.807, 2.05) is 11.9 Å². The number of nitrogens with zero attached hydrogens (tertiary/aromatic N) is 2. The average molecular weight is 258 g/mol. The number of likely N-dealkylation sites (N-methyl/N-ethyl adjacent to an activating group) is 1. The van der Waals surface area contributed by atoms with Crippen LogP contribution in [0.1, 0.15) is 12.8 Å². The highest BCUT2D eigenvalue weighted by molar-refractivity contribution is 5.84. The maximum atomic E-state index is 12.9. The molecule has 3 nitrogen and oxygen atoms in total. The third-order valence-electron chi connectivity index (χ3n) is 4.84. The van der Waals surface area contributed by atoms with Crippen LogP contribution >= 0.6 is 0 Å². The molecule has 19 heavy (non-hydrogen) atoms. The fourth-order valence-corrected chi connectivity index (χ4v) is 3.59. The summed E-state index contributed by atoms with van der Waals surface area (Å²) in [4.78, 5) is 17.1. The number of fused-ring (bicyclic) bond motifs is 2. The van der Waals surface area contributed by atoms with Crippen LogP contribution < -0.4 is 0 Å². The first-order valence-electron chi connectivity index (χ1n) is 7.11. The van der Waals surface area contributed by atoms with Gasteiger partial charge in [-0.05, 0) is 38.6 Å². The molecule has 0 N–H and O–H groups in total. The highest BCUT2D eigenvalue weighted by Gasteiger charge is 2.48. The molecule has 1 atom stereocenters. The Bertz CT molecular complexity index is 467. The Labute approximate surface area is 115 Å². The van der Waals surface area contributed by atoms with Gasteiger partial charge in [0.15, 0.2) is 0 Å². The van der Waals surface area contributed by atoms with Gasteiger partial charge < -0.3 is 9.80 Å². The van der Waals surface area contributed by atoms with Crippen molar-refractivity contribution < 1.29 is 4.79 Å². The van der Waals surface area contributed by atoms with E-state index in [1.54, 1.807) is 0 Å². The van der Waals surface area contributed by atoms with Crippen molar-refractivity contribution >= 4 is 5.91 Å². The molecule has 3 rings (SSSR count). The number of rotatable bonds is 0. The van der Waals surface area contributed by atoms with Crippen LogP contribution in [0.25, 0.3) is 0 Å². The largest absolute Gasteiger partial charge is 0.341 e. The predicted octanol–water partition coefficient (Wildman–Crippen LogP) is 1.84. The molecule has 1 fully saturated rings. The Kier molecular flexibility index (Phi) is 3.09. The van der Waals surface area contributed by atoms with E-state index in [4.69, 9.17) is 0 Å². The minimum Gasteiger partial charge on any atom is -0.341 e. The van der Waals surface area contributed by atoms with Crippen LogP contribution in [0.5, 0.6) is 0 Å². The fourth-order valence-electron chi connectivity index (χ4n) is 3.59. The minimum absolute atomic E-state index is 0.217. The molecule has 2 bridgehead atoms. The number of hydrogen-bond donors (Lipinski definition) is 0. The SMILES string of the molecule is CN1CCC2(CC1)C(=O)N(C)CC1=CC2C=CC=C1. The van der Waals surface area contributed by atoms with Crippen molar-refractivity contribution in [2.24, 2.45) is 11.3 Å². The Hall–Kier alpha value is -1.35. The van der Waals surface area contributed by atoms with Gasteiger partial charge in [0.25, 0.3) is 0 Å². The molecule has 3 aliphatic rings. The lowest BCUT2D eigenvalue weighted by Crippen LogP contribution is -2.50. The van der Waals surface area contributed by atoms with Crippen LogP contribution in [-0.4, -0.2) is 49.4 Å². The summed E-state index contributed by atoms with van der Waals surface area (Å²) in [5.41, 5.74) is 1.05. The number of carbonyl (C=O) groups is 1. The molecule has 1 aliphatic carbocycles. The number of allylic oxidation sites excluding steroid dienone is 4. The lowest BCUT2D eigenvalue weighted by atomic mass is 9.67. The summed E-state index contributed by atoms with van der Waals surface area (Å²) in [6.07, 6.45) is 12.8. The zero-order chi connectivity index (χ0) is 13.5. The molecule has 1 spiro atoms. The molecule has 102 valence electrons. The molecule has 0 aromatic heterocycles. The minimum atomic E-state index is -0.217. The van der Waals surface area contributed by atoms with Gasteiger partial charge in [-0.3, -0.25) is 4.79 Å². The molecule has 1 saturated heterocycles. The van der Waals surface area contributed by atoms with E-state index in [1.165, 1.54) is 5.57 Å². The Morgan fingerprint density at radius 2 is 1.95 bits per heavy atom. The van der Waals surface area contributed by atoms with Crippen LogP contribution in [0.15, 0.2) is 36.0 Å². The molecule has 3 heteroatoms. The molecule has 2 aliphatic heterocycles. The topological polar surface area (TPSA) is 23.6 Å². The van der Waals surface area contributed by atoms with E-state index in [9.17, 15) is 4.79 Å². The highest BCUT2D eigenvalue weighted by Crippen LogP contribution is 2.44. The molecule has 0 aromatic rings. The summed E-state index contributed by atoms with van der Waals surface area (Å²) in [6, 6.07) is 0. The lowest BCUT2D eigenvalue weighted by molar-refractivity contribution is -0.144. The number of likely N-dealkylation sites (tertiary alicyclic amines) is 1. The van der Waals surface area contributed by atoms with Gasteiger partial charge in [0.2, 0.25) is 5.91 Å². The van der Waals surface area contributed by atoms with Crippen LogP contribution in [0.4, 0.5) is 0 Å². The summed E-state index contributed by atoms with van der Waals surface area (Å²) in [7, 11) is 4.08. The summed E-state index contributed by atoms with van der Waals surface area (Å²) >= 11 is 0. The maximum Gasteiger partial charge on any atom is 0.229 e. The maximum absolute atomic E-state index is 12.9. The van der Waals surface area contributed by atoms with Gasteiger partial charge in [0, 0.05) is 19.5 Å². The summed E-state index contributed by atoms with van der Waals surface area (Å²) in [5, 5.41) is 0. The van der Waals surface area contributed by atoms with Crippen LogP contribution in [0.2, 0.25) is 0 Å². The second kappa shape index (κ2) is 4.64. The van der Waals surface area contributed by atoms with Gasteiger partial charge in [-0.15, -0.1) is 0 Å². The van der Waals surface area contributed by atoms with Crippen molar-refractivity contribution in [1.82, 2.24) is 9.80 Å². The summed E-state index contributed by atoms with van der Waals surface area (Å²) < 4.78 is 0. The Balaban J connectivity index is 2.02. The number of hydrogen-bond acceptors (Lipinski definition) is 2. The van der Waals surface area contributed by atoms with Crippen molar-refractivity contribution in [3.63, 3.8) is 0 Å². The lowest BCUT2D eigenvalue weighted by Gasteiger charge is -2.43. The van der Waals surface area contributed by atoms with Crippen molar-refractivity contribution in [2.75, 3.05) is 33.7 Å². The first-order chi connectivity index (χ1) is 9.12. The van der Waals surface area contributed by atoms with E-state index >= 15 is 0 Å². The quantitative estimate of drug-likeness (QED) is 0.662. The van der Waals surface area contributed by atoms with E-state index in [0.717, 1.165) is 32.5 Å². The molecule has 1 unspecified atom stereocenters. The zero-order valence-corrected chi connectivity index (χ0v) is 11.8. The van der Waals surface area contributed by atoms with Crippen LogP contribution in [-0.2, 0) is 4.79 Å². The molecule has 0 radical (unpaired) electrons. The highest BCUT2D eigenvalue weighted by atomic mass is 16.2. The predicted molar refractivity (Wildman–Crippen MR) is 76.7 cm³/mol. The first kappa shape index (κ1) is 12.7. The second-order valence-electron chi connectivity index (χ2n) is 6.13. The normalized spacial score (nSPS) is 30.2. The second-order valence-corrected chi connectivity index (χ2v) is 6.13. The van der Waals surface area contributed by atoms with Gasteiger partial charge in [0.1, 0.15) is 0 Å². The smallest absolute Gasteiger partial charge is 0.229 e. The number of amides is 1. The third kappa shape index (κ3) is 2.06. The van der Waals surface area contributed by atoms with Crippen LogP contribution in [0.3, 0.4) is 0 Å². The Morgan fingerprint density at radius 1 is 1.21 bits per heavy atom. The number of carbonyl (C=O) groups excluding carboxylic acids is 1. The van der Waals surface area contributed by atoms with Gasteiger partial charge in [-0.2, -0.15) is 0 Å². The van der Waals surface area contributed by atoms with Crippen LogP contribution in [0, 0.1) is 11.3 Å². The number of piperidine rings is 1. The molecule has 2 heterocycles. The molecular weight excluding hydrogens is 236 g/mol. The third-order valence-corrected chi connectivity index (χ3v) is 4.84. The standard InChI is InChI=1S/C16H22N2O/c1-17-9-7-16(8-10-17)14-6-4-3-5-13(11-14)12-18(2)15(16)19/h3-6,11,14H,7-10,12H2,1-2H3. The fraction of sp³-hybridized carbons (Fsp3) is 0.562. The van der Waals surface area contributed by atoms with E-state index in [-0.39, 0.29) is 11.3 Å². The average Bonchev–Trinajstić information content (AvgIpc) is 2.68. The Morgan fingerprint density at radius 3 is 2.68 bits per heavy atom. The monoisotopic (exact) mass is 258 g/mol. The van der Waals surface area contributed by atoms with Crippen molar-refractivity contribution in [3.05, 3.63) is 36.0 Å². The summed E-state index contributed by atoms with van der Waals surface area (Å²) in [5.74, 6) is 0.584. The van der Waals surface area contributed by atoms with Gasteiger partial charge in [-0.1, -0.05) is 30.4 Å². The molecule has 1 amide bonds. The van der Waals surface area contributed by atoms with Gasteiger partial charge in [0.05, 0.1) is 5.41 Å². The van der Waals surface area contributed by atoms with Crippen molar-refractivity contribution in [3.8, 4) is 0 Å². The van der Waals surface area contributed by atoms with E-state index in [0.29, 0.717) is 5.91 Å². The molecule has 0 aromatic carbocycles. The molecule has 0 saturated carbocycles. The van der Waals surface area contributed by atoms with E-state index < -0.39 is 0 Å². The summed E-state index contributed by atoms with van der Waals surface area (Å²) in [6.45, 7) is 2.77. The van der Waals surface area contributed by atoms with E-state index in [2.05, 4.69) is 42.3 Å². The first-order valence-corrected chi connectivity index (χ1v) is 7.11. The van der Waals surface area contributed by atoms with Crippen molar-refractivity contribution in [2.45, 2.75) is 12.8 Å². The van der Waals surface area contributed by atoms with Crippen molar-refractivity contribution in [1.29, 1.82) is 0 Å². The molecular formula is C16H22N2O. The zero-order valence-electron chi connectivity index (χ0n) is 11.8. The van der Waals surface area contributed by atoms with Gasteiger partial charge >= 0.3 is 0 Å². The van der Waals surface area contributed by atoms with Gasteiger partial charge in [-0.25, -0.2) is 0 Å².